The lowest BCUT2D eigenvalue weighted by Gasteiger charge is -2.07. The molecule has 0 aliphatic heterocycles. The monoisotopic (exact) mass is 480 g/mol. The number of ether oxygens (including phenoxy) is 2. The summed E-state index contributed by atoms with van der Waals surface area (Å²) in [5.41, 5.74) is 5.74. The Hall–Kier alpha value is -3.37. The van der Waals surface area contributed by atoms with Gasteiger partial charge in [-0.05, 0) is 49.7 Å². The number of rotatable bonds is 8. The van der Waals surface area contributed by atoms with E-state index in [2.05, 4.69) is 5.32 Å². The molecule has 0 fully saturated rings. The number of nitrogens with one attached hydrogen (secondary N) is 1. The highest BCUT2D eigenvalue weighted by molar-refractivity contribution is 7.18. The molecular weight excluding hydrogens is 463 g/mol. The van der Waals surface area contributed by atoms with Crippen LogP contribution in [0.15, 0.2) is 34.7 Å². The third kappa shape index (κ3) is 5.09. The average Bonchev–Trinajstić information content (AvgIpc) is 3.32. The zero-order valence-electron chi connectivity index (χ0n) is 17.0. The number of halogens is 2. The highest BCUT2D eigenvalue weighted by Gasteiger charge is 2.26. The lowest BCUT2D eigenvalue weighted by molar-refractivity contribution is 0.0527. The van der Waals surface area contributed by atoms with Gasteiger partial charge < -0.3 is 24.9 Å². The second-order valence-electron chi connectivity index (χ2n) is 6.43. The van der Waals surface area contributed by atoms with Crippen LogP contribution in [0.5, 0.6) is 5.75 Å². The van der Waals surface area contributed by atoms with Crippen LogP contribution in [0.4, 0.5) is 9.39 Å². The first-order valence-corrected chi connectivity index (χ1v) is 10.5. The number of primary amides is 1. The summed E-state index contributed by atoms with van der Waals surface area (Å²) in [6, 6.07) is 6.63. The summed E-state index contributed by atoms with van der Waals surface area (Å²) in [6.07, 6.45) is 0. The number of anilines is 1. The Balaban J connectivity index is 1.75. The smallest absolute Gasteiger partial charge is 0.341 e. The molecule has 1 aromatic carbocycles. The SMILES string of the molecule is CCOC(=O)c1c(NC(=O)c2ccc(COc3ccc(F)cc3Cl)o2)sc(C(N)=O)c1C. The van der Waals surface area contributed by atoms with Gasteiger partial charge in [-0.15, -0.1) is 11.3 Å². The van der Waals surface area contributed by atoms with Crippen LogP contribution in [0.2, 0.25) is 5.02 Å². The van der Waals surface area contributed by atoms with Gasteiger partial charge in [-0.2, -0.15) is 0 Å². The summed E-state index contributed by atoms with van der Waals surface area (Å²) >= 11 is 6.78. The predicted octanol–water partition coefficient (Wildman–Crippen LogP) is 4.55. The van der Waals surface area contributed by atoms with E-state index in [1.807, 2.05) is 0 Å². The maximum absolute atomic E-state index is 13.1. The van der Waals surface area contributed by atoms with Gasteiger partial charge in [0, 0.05) is 0 Å². The van der Waals surface area contributed by atoms with E-state index in [9.17, 15) is 18.8 Å². The van der Waals surface area contributed by atoms with Crippen LogP contribution in [0.25, 0.3) is 0 Å². The van der Waals surface area contributed by atoms with E-state index < -0.39 is 23.6 Å². The number of amides is 2. The van der Waals surface area contributed by atoms with Gasteiger partial charge in [-0.1, -0.05) is 11.6 Å². The van der Waals surface area contributed by atoms with Crippen molar-refractivity contribution < 1.29 is 32.7 Å². The van der Waals surface area contributed by atoms with Gasteiger partial charge in [-0.25, -0.2) is 9.18 Å². The third-order valence-electron chi connectivity index (χ3n) is 4.23. The number of benzene rings is 1. The number of carbonyl (C=O) groups excluding carboxylic acids is 3. The number of furan rings is 1. The lowest BCUT2D eigenvalue weighted by Crippen LogP contribution is -2.14. The molecule has 3 N–H and O–H groups in total. The first kappa shape index (κ1) is 23.3. The molecular formula is C21H18ClFN2O6S. The second-order valence-corrected chi connectivity index (χ2v) is 7.86. The third-order valence-corrected chi connectivity index (χ3v) is 5.74. The molecule has 2 aromatic heterocycles. The normalized spacial score (nSPS) is 10.6. The van der Waals surface area contributed by atoms with Gasteiger partial charge in [0.25, 0.3) is 11.8 Å². The number of nitrogens with two attached hydrogens (primary N) is 1. The van der Waals surface area contributed by atoms with Crippen molar-refractivity contribution in [1.82, 2.24) is 0 Å². The molecule has 8 nitrogen and oxygen atoms in total. The average molecular weight is 481 g/mol. The van der Waals surface area contributed by atoms with Crippen LogP contribution >= 0.6 is 22.9 Å². The first-order chi connectivity index (χ1) is 15.2. The largest absolute Gasteiger partial charge is 0.484 e. The quantitative estimate of drug-likeness (QED) is 0.456. The minimum absolute atomic E-state index is 0.0556. The van der Waals surface area contributed by atoms with Gasteiger partial charge in [-0.3, -0.25) is 9.59 Å². The standard InChI is InChI=1S/C21H18ClFN2O6S/c1-3-29-21(28)16-10(2)17(18(24)26)32-20(16)25-19(27)15-7-5-12(31-15)9-30-14-6-4-11(23)8-13(14)22/h4-8H,3,9H2,1-2H3,(H2,24,26)(H,25,27). The zero-order chi connectivity index (χ0) is 23.4. The van der Waals surface area contributed by atoms with Crippen molar-refractivity contribution in [3.05, 3.63) is 68.7 Å². The van der Waals surface area contributed by atoms with Crippen molar-refractivity contribution in [1.29, 1.82) is 0 Å². The Morgan fingerprint density at radius 2 is 2.00 bits per heavy atom. The Morgan fingerprint density at radius 3 is 2.66 bits per heavy atom. The summed E-state index contributed by atoms with van der Waals surface area (Å²) in [5.74, 6) is -2.06. The molecule has 0 unspecified atom stereocenters. The first-order valence-electron chi connectivity index (χ1n) is 9.29. The Morgan fingerprint density at radius 1 is 1.25 bits per heavy atom. The second kappa shape index (κ2) is 9.84. The molecule has 32 heavy (non-hydrogen) atoms. The fraction of sp³-hybridized carbons (Fsp3) is 0.190. The molecule has 168 valence electrons. The van der Waals surface area contributed by atoms with E-state index in [1.165, 1.54) is 24.3 Å². The molecule has 0 saturated heterocycles. The zero-order valence-corrected chi connectivity index (χ0v) is 18.6. The topological polar surface area (TPSA) is 121 Å². The van der Waals surface area contributed by atoms with Crippen LogP contribution in [0, 0.1) is 12.7 Å². The molecule has 0 atom stereocenters. The van der Waals surface area contributed by atoms with Gasteiger partial charge in [0.05, 0.1) is 22.1 Å². The number of carbonyl (C=O) groups is 3. The predicted molar refractivity (Wildman–Crippen MR) is 116 cm³/mol. The number of hydrogen-bond donors (Lipinski definition) is 2. The van der Waals surface area contributed by atoms with Crippen LogP contribution < -0.4 is 15.8 Å². The van der Waals surface area contributed by atoms with E-state index in [0.717, 1.165) is 17.4 Å². The Labute approximate surface area is 191 Å². The molecule has 0 aliphatic carbocycles. The van der Waals surface area contributed by atoms with Gasteiger partial charge in [0.1, 0.15) is 28.9 Å². The van der Waals surface area contributed by atoms with E-state index in [4.69, 9.17) is 31.2 Å². The molecule has 0 saturated carbocycles. The molecule has 3 rings (SSSR count). The molecule has 11 heteroatoms. The summed E-state index contributed by atoms with van der Waals surface area (Å²) < 4.78 is 29.1. The molecule has 0 aliphatic rings. The van der Waals surface area contributed by atoms with Gasteiger partial charge >= 0.3 is 5.97 Å². The molecule has 0 bridgehead atoms. The van der Waals surface area contributed by atoms with Gasteiger partial charge in [0.2, 0.25) is 0 Å². The van der Waals surface area contributed by atoms with Crippen molar-refractivity contribution in [2.24, 2.45) is 5.73 Å². The van der Waals surface area contributed by atoms with Crippen molar-refractivity contribution in [3.8, 4) is 5.75 Å². The van der Waals surface area contributed by atoms with E-state index in [0.29, 0.717) is 11.3 Å². The fourth-order valence-electron chi connectivity index (χ4n) is 2.77. The van der Waals surface area contributed by atoms with E-state index >= 15 is 0 Å². The summed E-state index contributed by atoms with van der Waals surface area (Å²) in [7, 11) is 0. The number of esters is 1. The summed E-state index contributed by atoms with van der Waals surface area (Å²) in [4.78, 5) is 36.8. The van der Waals surface area contributed by atoms with E-state index in [1.54, 1.807) is 13.8 Å². The fourth-order valence-corrected chi connectivity index (χ4v) is 4.03. The minimum atomic E-state index is -0.726. The van der Waals surface area contributed by atoms with Crippen molar-refractivity contribution in [3.63, 3.8) is 0 Å². The lowest BCUT2D eigenvalue weighted by atomic mass is 10.1. The highest BCUT2D eigenvalue weighted by atomic mass is 35.5. The summed E-state index contributed by atoms with van der Waals surface area (Å²) in [5, 5.41) is 2.77. The maximum Gasteiger partial charge on any atom is 0.341 e. The Kier molecular flexibility index (Phi) is 7.16. The van der Waals surface area contributed by atoms with Gasteiger partial charge in [0.15, 0.2) is 5.76 Å². The molecule has 0 spiro atoms. The van der Waals surface area contributed by atoms with Crippen LogP contribution in [-0.4, -0.2) is 24.4 Å². The van der Waals surface area contributed by atoms with Crippen molar-refractivity contribution in [2.75, 3.05) is 11.9 Å². The van der Waals surface area contributed by atoms with Crippen LogP contribution in [0.1, 0.15) is 48.8 Å². The maximum atomic E-state index is 13.1. The Bertz CT molecular complexity index is 1190. The highest BCUT2D eigenvalue weighted by Crippen LogP contribution is 2.34. The molecule has 0 radical (unpaired) electrons. The van der Waals surface area contributed by atoms with Crippen molar-refractivity contribution >= 4 is 45.7 Å². The molecule has 2 heterocycles. The van der Waals surface area contributed by atoms with Crippen molar-refractivity contribution in [2.45, 2.75) is 20.5 Å². The number of hydrogen-bond acceptors (Lipinski definition) is 7. The minimum Gasteiger partial charge on any atom is -0.484 e. The van der Waals surface area contributed by atoms with E-state index in [-0.39, 0.29) is 45.2 Å². The van der Waals surface area contributed by atoms with Crippen LogP contribution in [-0.2, 0) is 11.3 Å². The number of thiophene rings is 1. The molecule has 3 aromatic rings. The summed E-state index contributed by atoms with van der Waals surface area (Å²) in [6.45, 7) is 3.24. The molecule has 2 amide bonds. The van der Waals surface area contributed by atoms with Crippen LogP contribution in [0.3, 0.4) is 0 Å².